The minimum atomic E-state index is 0.696. The van der Waals surface area contributed by atoms with Gasteiger partial charge in [-0.15, -0.1) is 0 Å². The minimum absolute atomic E-state index is 0.696. The Morgan fingerprint density at radius 1 is 1.08 bits per heavy atom. The Labute approximate surface area is 75.2 Å². The minimum Gasteiger partial charge on any atom is -0.445 e. The van der Waals surface area contributed by atoms with Crippen LogP contribution in [0.25, 0.3) is 22.2 Å². The normalized spacial score (nSPS) is 11.1. The van der Waals surface area contributed by atoms with Crippen LogP contribution < -0.4 is 0 Å². The van der Waals surface area contributed by atoms with E-state index < -0.39 is 0 Å². The maximum absolute atomic E-state index is 5.37. The fourth-order valence-electron chi connectivity index (χ4n) is 1.59. The van der Waals surface area contributed by atoms with Crippen LogP contribution >= 0.6 is 0 Å². The summed E-state index contributed by atoms with van der Waals surface area (Å²) in [5, 5.41) is 1.07. The second-order valence-electron chi connectivity index (χ2n) is 2.99. The van der Waals surface area contributed by atoms with Gasteiger partial charge in [-0.25, -0.2) is 4.98 Å². The van der Waals surface area contributed by atoms with Gasteiger partial charge in [-0.3, -0.25) is 0 Å². The molecule has 62 valence electrons. The number of hydrogen-bond acceptors (Lipinski definition) is 2. The van der Waals surface area contributed by atoms with Crippen molar-refractivity contribution < 1.29 is 4.42 Å². The van der Waals surface area contributed by atoms with Gasteiger partial charge in [0.2, 0.25) is 5.71 Å². The van der Waals surface area contributed by atoms with Crippen LogP contribution in [0.15, 0.2) is 47.2 Å². The monoisotopic (exact) mass is 169 g/mol. The van der Waals surface area contributed by atoms with Gasteiger partial charge in [-0.05, 0) is 17.7 Å². The fourth-order valence-corrected chi connectivity index (χ4v) is 1.59. The molecular formula is C11H7NO. The van der Waals surface area contributed by atoms with Crippen molar-refractivity contribution in [3.63, 3.8) is 0 Å². The first-order valence-corrected chi connectivity index (χ1v) is 4.16. The molecule has 0 unspecified atom stereocenters. The van der Waals surface area contributed by atoms with E-state index in [-0.39, 0.29) is 0 Å². The van der Waals surface area contributed by atoms with Crippen LogP contribution in [0.1, 0.15) is 0 Å². The number of fused-ring (bicyclic) bond motifs is 3. The zero-order chi connectivity index (χ0) is 8.67. The van der Waals surface area contributed by atoms with Crippen molar-refractivity contribution in [1.82, 2.24) is 4.98 Å². The van der Waals surface area contributed by atoms with Crippen LogP contribution in [0.4, 0.5) is 0 Å². The van der Waals surface area contributed by atoms with Crippen molar-refractivity contribution >= 4 is 11.1 Å². The van der Waals surface area contributed by atoms with Crippen molar-refractivity contribution in [2.75, 3.05) is 0 Å². The molecule has 0 N–H and O–H groups in total. The molecule has 2 heterocycles. The Morgan fingerprint density at radius 2 is 2.08 bits per heavy atom. The molecule has 2 heteroatoms. The summed E-state index contributed by atoms with van der Waals surface area (Å²) >= 11 is 0. The molecule has 0 saturated heterocycles. The Morgan fingerprint density at radius 3 is 3.08 bits per heavy atom. The highest BCUT2D eigenvalue weighted by atomic mass is 16.3. The zero-order valence-electron chi connectivity index (χ0n) is 6.90. The first-order chi connectivity index (χ1) is 6.45. The van der Waals surface area contributed by atoms with Crippen LogP contribution in [-0.2, 0) is 0 Å². The summed E-state index contributed by atoms with van der Waals surface area (Å²) in [4.78, 5) is 4.14. The zero-order valence-corrected chi connectivity index (χ0v) is 6.90. The third-order valence-corrected chi connectivity index (χ3v) is 2.21. The molecule has 0 atom stereocenters. The molecule has 0 fully saturated rings. The van der Waals surface area contributed by atoms with Crippen LogP contribution in [0.5, 0.6) is 0 Å². The number of hydrogen-bond donors (Lipinski definition) is 0. The quantitative estimate of drug-likeness (QED) is 0.517. The van der Waals surface area contributed by atoms with Crippen molar-refractivity contribution in [3.05, 3.63) is 42.8 Å². The summed E-state index contributed by atoms with van der Waals surface area (Å²) in [6.45, 7) is 0. The summed E-state index contributed by atoms with van der Waals surface area (Å²) in [5.74, 6) is 0. The summed E-state index contributed by atoms with van der Waals surface area (Å²) in [5.41, 5.74) is 3.02. The van der Waals surface area contributed by atoms with Crippen molar-refractivity contribution in [2.45, 2.75) is 0 Å². The molecular weight excluding hydrogens is 162 g/mol. The van der Waals surface area contributed by atoms with Gasteiger partial charge in [0.15, 0.2) is 0 Å². The van der Waals surface area contributed by atoms with Crippen LogP contribution in [-0.4, -0.2) is 4.98 Å². The Hall–Kier alpha value is -1.83. The first-order valence-electron chi connectivity index (χ1n) is 4.16. The summed E-state index contributed by atoms with van der Waals surface area (Å²) in [7, 11) is 0. The van der Waals surface area contributed by atoms with E-state index in [0.29, 0.717) is 5.71 Å². The van der Waals surface area contributed by atoms with E-state index in [0.717, 1.165) is 10.9 Å². The fraction of sp³-hybridized carbons (Fsp3) is 0. The average molecular weight is 169 g/mol. The van der Waals surface area contributed by atoms with Gasteiger partial charge in [-0.1, -0.05) is 18.2 Å². The van der Waals surface area contributed by atoms with Gasteiger partial charge in [0, 0.05) is 17.1 Å². The Balaban J connectivity index is 2.57. The maximum atomic E-state index is 5.37. The number of nitrogens with zero attached hydrogens (tertiary/aromatic N) is 1. The lowest BCUT2D eigenvalue weighted by Gasteiger charge is -2.01. The van der Waals surface area contributed by atoms with E-state index >= 15 is 0 Å². The predicted octanol–water partition coefficient (Wildman–Crippen LogP) is 2.93. The Bertz CT molecular complexity index is 527. The van der Waals surface area contributed by atoms with E-state index in [2.05, 4.69) is 11.1 Å². The molecule has 2 aliphatic rings. The smallest absolute Gasteiger partial charge is 0.226 e. The SMILES string of the molecule is c1cc2coc3ncccc3c-2c1. The first kappa shape index (κ1) is 6.66. The van der Waals surface area contributed by atoms with E-state index in [4.69, 9.17) is 4.42 Å². The van der Waals surface area contributed by atoms with Crippen molar-refractivity contribution in [3.8, 4) is 11.1 Å². The average Bonchev–Trinajstić information content (AvgIpc) is 2.65. The third-order valence-electron chi connectivity index (χ3n) is 2.21. The molecule has 1 aliphatic heterocycles. The standard InChI is InChI=1S/C11H7NO/c1-3-8-7-13-11-10(9(8)4-1)5-2-6-12-11/h1-7H. The van der Waals surface area contributed by atoms with E-state index in [1.807, 2.05) is 24.3 Å². The van der Waals surface area contributed by atoms with E-state index in [9.17, 15) is 0 Å². The highest BCUT2D eigenvalue weighted by Crippen LogP contribution is 2.30. The lowest BCUT2D eigenvalue weighted by molar-refractivity contribution is 0.593. The highest BCUT2D eigenvalue weighted by molar-refractivity contribution is 5.92. The van der Waals surface area contributed by atoms with Gasteiger partial charge in [0.25, 0.3) is 0 Å². The largest absolute Gasteiger partial charge is 0.445 e. The lowest BCUT2D eigenvalue weighted by atomic mass is 10.1. The van der Waals surface area contributed by atoms with Gasteiger partial charge in [0.05, 0.1) is 0 Å². The van der Waals surface area contributed by atoms with Crippen molar-refractivity contribution in [2.24, 2.45) is 0 Å². The van der Waals surface area contributed by atoms with Gasteiger partial charge in [0.1, 0.15) is 6.26 Å². The van der Waals surface area contributed by atoms with Crippen LogP contribution in [0, 0.1) is 0 Å². The highest BCUT2D eigenvalue weighted by Gasteiger charge is 2.07. The molecule has 1 aliphatic carbocycles. The molecule has 0 aromatic carbocycles. The molecule has 3 rings (SSSR count). The molecule has 2 nitrogen and oxygen atoms in total. The second kappa shape index (κ2) is 2.33. The molecule has 0 saturated carbocycles. The van der Waals surface area contributed by atoms with Crippen LogP contribution in [0.3, 0.4) is 0 Å². The predicted molar refractivity (Wildman–Crippen MR) is 50.6 cm³/mol. The molecule has 0 radical (unpaired) electrons. The van der Waals surface area contributed by atoms with E-state index in [1.54, 1.807) is 12.5 Å². The Kier molecular flexibility index (Phi) is 1.19. The second-order valence-corrected chi connectivity index (χ2v) is 2.99. The molecule has 1 aromatic heterocycles. The van der Waals surface area contributed by atoms with Crippen molar-refractivity contribution in [1.29, 1.82) is 0 Å². The molecule has 1 aromatic rings. The summed E-state index contributed by atoms with van der Waals surface area (Å²) in [6, 6.07) is 10.1. The maximum Gasteiger partial charge on any atom is 0.226 e. The summed E-state index contributed by atoms with van der Waals surface area (Å²) < 4.78 is 5.37. The topological polar surface area (TPSA) is 26.0 Å². The molecule has 0 amide bonds. The third kappa shape index (κ3) is 0.855. The summed E-state index contributed by atoms with van der Waals surface area (Å²) in [6.07, 6.45) is 3.48. The number of pyridine rings is 1. The van der Waals surface area contributed by atoms with Gasteiger partial charge in [-0.2, -0.15) is 0 Å². The number of aromatic nitrogens is 1. The molecule has 13 heavy (non-hydrogen) atoms. The number of rotatable bonds is 0. The van der Waals surface area contributed by atoms with Gasteiger partial charge < -0.3 is 4.42 Å². The molecule has 0 bridgehead atoms. The molecule has 0 spiro atoms. The van der Waals surface area contributed by atoms with E-state index in [1.165, 1.54) is 5.56 Å². The van der Waals surface area contributed by atoms with Gasteiger partial charge >= 0.3 is 0 Å². The van der Waals surface area contributed by atoms with Crippen LogP contribution in [0.2, 0.25) is 0 Å². The lowest BCUT2D eigenvalue weighted by Crippen LogP contribution is -1.80.